The molecule has 0 aliphatic heterocycles. The van der Waals surface area contributed by atoms with E-state index in [0.717, 1.165) is 11.3 Å². The van der Waals surface area contributed by atoms with Crippen molar-refractivity contribution in [2.24, 2.45) is 4.99 Å². The molecule has 0 saturated heterocycles. The molecule has 0 aliphatic rings. The summed E-state index contributed by atoms with van der Waals surface area (Å²) in [6.45, 7) is 5.62. The Morgan fingerprint density at radius 2 is 1.57 bits per heavy atom. The lowest BCUT2D eigenvalue weighted by atomic mass is 9.84. The van der Waals surface area contributed by atoms with Gasteiger partial charge in [0.15, 0.2) is 17.5 Å². The topological polar surface area (TPSA) is 73.3 Å². The van der Waals surface area contributed by atoms with Gasteiger partial charge in [-0.1, -0.05) is 26.0 Å². The molecule has 0 bridgehead atoms. The monoisotopic (exact) mass is 415 g/mol. The summed E-state index contributed by atoms with van der Waals surface area (Å²) in [6, 6.07) is 12.0. The Labute approximate surface area is 179 Å². The maximum atomic E-state index is 5.42. The molecule has 0 aromatic heterocycles. The smallest absolute Gasteiger partial charge is 0.203 e. The van der Waals surface area contributed by atoms with E-state index in [9.17, 15) is 0 Å². The first-order valence-corrected chi connectivity index (χ1v) is 9.76. The van der Waals surface area contributed by atoms with Gasteiger partial charge < -0.3 is 29.6 Å². The maximum Gasteiger partial charge on any atom is 0.203 e. The summed E-state index contributed by atoms with van der Waals surface area (Å²) < 4.78 is 21.6. The Balaban J connectivity index is 2.04. The second kappa shape index (κ2) is 10.6. The molecule has 2 aromatic carbocycles. The molecular weight excluding hydrogens is 382 g/mol. The van der Waals surface area contributed by atoms with Gasteiger partial charge >= 0.3 is 0 Å². The van der Waals surface area contributed by atoms with Crippen LogP contribution in [0.2, 0.25) is 0 Å². The van der Waals surface area contributed by atoms with Crippen molar-refractivity contribution in [3.63, 3.8) is 0 Å². The maximum absolute atomic E-state index is 5.42. The molecular formula is C23H33N3O4. The first-order valence-electron chi connectivity index (χ1n) is 9.76. The Kier molecular flexibility index (Phi) is 8.21. The molecule has 7 nitrogen and oxygen atoms in total. The zero-order chi connectivity index (χ0) is 22.1. The van der Waals surface area contributed by atoms with Crippen LogP contribution < -0.4 is 29.6 Å². The summed E-state index contributed by atoms with van der Waals surface area (Å²) in [5.41, 5.74) is 2.06. The number of ether oxygens (including phenoxy) is 4. The highest BCUT2D eigenvalue weighted by Crippen LogP contribution is 2.38. The summed E-state index contributed by atoms with van der Waals surface area (Å²) in [5.74, 6) is 3.38. The third kappa shape index (κ3) is 5.72. The molecule has 7 heteroatoms. The molecule has 30 heavy (non-hydrogen) atoms. The lowest BCUT2D eigenvalue weighted by Crippen LogP contribution is -2.43. The van der Waals surface area contributed by atoms with Crippen LogP contribution >= 0.6 is 0 Å². The van der Waals surface area contributed by atoms with E-state index >= 15 is 0 Å². The van der Waals surface area contributed by atoms with Crippen molar-refractivity contribution >= 4 is 5.96 Å². The molecule has 0 radical (unpaired) electrons. The third-order valence-corrected chi connectivity index (χ3v) is 4.96. The van der Waals surface area contributed by atoms with Gasteiger partial charge in [0.25, 0.3) is 0 Å². The Hall–Kier alpha value is -3.09. The van der Waals surface area contributed by atoms with E-state index in [1.807, 2.05) is 24.3 Å². The lowest BCUT2D eigenvalue weighted by molar-refractivity contribution is 0.323. The van der Waals surface area contributed by atoms with Crippen molar-refractivity contribution in [3.05, 3.63) is 47.5 Å². The van der Waals surface area contributed by atoms with Crippen molar-refractivity contribution in [1.29, 1.82) is 0 Å². The number of rotatable bonds is 9. The predicted molar refractivity (Wildman–Crippen MR) is 120 cm³/mol. The number of nitrogens with zero attached hydrogens (tertiary/aromatic N) is 1. The van der Waals surface area contributed by atoms with Crippen LogP contribution in [-0.4, -0.2) is 48.0 Å². The fourth-order valence-corrected chi connectivity index (χ4v) is 3.09. The standard InChI is InChI=1S/C23H33N3O4/c1-23(2,17-9-8-10-18(13-17)27-4)15-26-22(24-3)25-14-16-11-19(28-5)21(30-7)20(12-16)29-6/h8-13H,14-15H2,1-7H3,(H2,24,25,26). The number of aliphatic imine (C=N–C) groups is 1. The van der Waals surface area contributed by atoms with E-state index in [0.29, 0.717) is 36.3 Å². The van der Waals surface area contributed by atoms with E-state index in [2.05, 4.69) is 41.6 Å². The minimum atomic E-state index is -0.112. The molecule has 164 valence electrons. The highest BCUT2D eigenvalue weighted by molar-refractivity contribution is 5.79. The average Bonchev–Trinajstić information content (AvgIpc) is 2.78. The summed E-state index contributed by atoms with van der Waals surface area (Å²) in [6.07, 6.45) is 0. The van der Waals surface area contributed by atoms with Gasteiger partial charge in [-0.3, -0.25) is 4.99 Å². The molecule has 0 amide bonds. The zero-order valence-electron chi connectivity index (χ0n) is 19.0. The first-order chi connectivity index (χ1) is 14.4. The minimum absolute atomic E-state index is 0.112. The number of hydrogen-bond acceptors (Lipinski definition) is 5. The zero-order valence-corrected chi connectivity index (χ0v) is 19.0. The van der Waals surface area contributed by atoms with E-state index < -0.39 is 0 Å². The van der Waals surface area contributed by atoms with Gasteiger partial charge in [-0.15, -0.1) is 0 Å². The van der Waals surface area contributed by atoms with E-state index in [4.69, 9.17) is 18.9 Å². The van der Waals surface area contributed by atoms with Crippen LogP contribution in [0, 0.1) is 0 Å². The summed E-state index contributed by atoms with van der Waals surface area (Å²) in [5, 5.41) is 6.74. The van der Waals surface area contributed by atoms with Gasteiger partial charge in [0.05, 0.1) is 28.4 Å². The van der Waals surface area contributed by atoms with E-state index in [1.165, 1.54) is 5.56 Å². The Bertz CT molecular complexity index is 840. The van der Waals surface area contributed by atoms with Crippen molar-refractivity contribution < 1.29 is 18.9 Å². The Morgan fingerprint density at radius 1 is 0.900 bits per heavy atom. The summed E-state index contributed by atoms with van der Waals surface area (Å²) in [4.78, 5) is 4.34. The SMILES string of the molecule is CN=C(NCc1cc(OC)c(OC)c(OC)c1)NCC(C)(C)c1cccc(OC)c1. The summed E-state index contributed by atoms with van der Waals surface area (Å²) >= 11 is 0. The molecule has 0 saturated carbocycles. The van der Waals surface area contributed by atoms with Crippen LogP contribution in [0.4, 0.5) is 0 Å². The average molecular weight is 416 g/mol. The van der Waals surface area contributed by atoms with Gasteiger partial charge in [-0.05, 0) is 35.4 Å². The number of methoxy groups -OCH3 is 4. The number of guanidine groups is 1. The van der Waals surface area contributed by atoms with Gasteiger partial charge in [-0.25, -0.2) is 0 Å². The largest absolute Gasteiger partial charge is 0.497 e. The van der Waals surface area contributed by atoms with Crippen LogP contribution in [0.3, 0.4) is 0 Å². The molecule has 2 aromatic rings. The van der Waals surface area contributed by atoms with Gasteiger partial charge in [0.2, 0.25) is 5.75 Å². The third-order valence-electron chi connectivity index (χ3n) is 4.96. The normalized spacial score (nSPS) is 11.6. The van der Waals surface area contributed by atoms with Crippen molar-refractivity contribution in [1.82, 2.24) is 10.6 Å². The molecule has 0 aliphatic carbocycles. The fourth-order valence-electron chi connectivity index (χ4n) is 3.09. The van der Waals surface area contributed by atoms with Crippen molar-refractivity contribution in [3.8, 4) is 23.0 Å². The van der Waals surface area contributed by atoms with Crippen LogP contribution in [0.15, 0.2) is 41.4 Å². The van der Waals surface area contributed by atoms with Crippen LogP contribution in [0.1, 0.15) is 25.0 Å². The van der Waals surface area contributed by atoms with Gasteiger partial charge in [0, 0.05) is 25.6 Å². The van der Waals surface area contributed by atoms with E-state index in [-0.39, 0.29) is 5.41 Å². The molecule has 0 unspecified atom stereocenters. The highest BCUT2D eigenvalue weighted by atomic mass is 16.5. The lowest BCUT2D eigenvalue weighted by Gasteiger charge is -2.27. The molecule has 0 spiro atoms. The fraction of sp³-hybridized carbons (Fsp3) is 0.435. The van der Waals surface area contributed by atoms with Crippen LogP contribution in [0.5, 0.6) is 23.0 Å². The van der Waals surface area contributed by atoms with Gasteiger partial charge in [0.1, 0.15) is 5.75 Å². The van der Waals surface area contributed by atoms with Gasteiger partial charge in [-0.2, -0.15) is 0 Å². The van der Waals surface area contributed by atoms with E-state index in [1.54, 1.807) is 35.5 Å². The second-order valence-electron chi connectivity index (χ2n) is 7.43. The summed E-state index contributed by atoms with van der Waals surface area (Å²) in [7, 11) is 8.24. The molecule has 0 fully saturated rings. The number of nitrogens with one attached hydrogen (secondary N) is 2. The first kappa shape index (κ1) is 23.2. The molecule has 2 rings (SSSR count). The van der Waals surface area contributed by atoms with Crippen molar-refractivity contribution in [2.45, 2.75) is 25.8 Å². The van der Waals surface area contributed by atoms with Crippen LogP contribution in [-0.2, 0) is 12.0 Å². The van der Waals surface area contributed by atoms with Crippen molar-refractivity contribution in [2.75, 3.05) is 42.0 Å². The molecule has 2 N–H and O–H groups in total. The number of hydrogen-bond donors (Lipinski definition) is 2. The predicted octanol–water partition coefficient (Wildman–Crippen LogP) is 3.36. The molecule has 0 heterocycles. The number of benzene rings is 2. The van der Waals surface area contributed by atoms with Crippen LogP contribution in [0.25, 0.3) is 0 Å². The second-order valence-corrected chi connectivity index (χ2v) is 7.43. The highest BCUT2D eigenvalue weighted by Gasteiger charge is 2.21. The molecule has 0 atom stereocenters. The minimum Gasteiger partial charge on any atom is -0.497 e. The Morgan fingerprint density at radius 3 is 2.10 bits per heavy atom. The quantitative estimate of drug-likeness (QED) is 0.483.